The van der Waals surface area contributed by atoms with Crippen molar-refractivity contribution in [3.8, 4) is 5.75 Å². The Balaban J connectivity index is 1.49. The molecule has 0 atom stereocenters. The van der Waals surface area contributed by atoms with Crippen LogP contribution < -0.4 is 10.2 Å². The Morgan fingerprint density at radius 1 is 1.00 bits per heavy atom. The topological polar surface area (TPSA) is 44.8 Å². The van der Waals surface area contributed by atoms with Gasteiger partial charge in [-0.05, 0) is 36.9 Å². The quantitative estimate of drug-likeness (QED) is 0.674. The molecule has 2 aromatic rings. The largest absolute Gasteiger partial charge is 0.423 e. The number of esters is 1. The van der Waals surface area contributed by atoms with Gasteiger partial charge in [0.25, 0.3) is 0 Å². The van der Waals surface area contributed by atoms with E-state index in [2.05, 4.69) is 22.4 Å². The summed E-state index contributed by atoms with van der Waals surface area (Å²) < 4.78 is 5.39. The number of nitrogens with one attached hydrogen (secondary N) is 1. The molecule has 0 unspecified atom stereocenters. The first-order valence-corrected chi connectivity index (χ1v) is 8.24. The third-order valence-corrected chi connectivity index (χ3v) is 4.15. The van der Waals surface area contributed by atoms with Crippen molar-refractivity contribution in [2.45, 2.75) is 6.54 Å². The Bertz CT molecular complexity index is 650. The number of nitrogens with zero attached hydrogens (tertiary/aromatic N) is 2. The minimum atomic E-state index is -0.334. The number of hydrogen-bond donors (Lipinski definition) is 1. The molecule has 3 rings (SSSR count). The van der Waals surface area contributed by atoms with E-state index in [4.69, 9.17) is 4.74 Å². The standard InChI is InChI=1S/C19H23N3O2/c1-21-11-13-22(14-12-21)20-15-16-7-9-18(10-8-16)24-19(23)17-5-3-2-4-6-17/h2-10,20H,11-15H2,1H3. The molecule has 1 N–H and O–H groups in total. The maximum absolute atomic E-state index is 12.0. The van der Waals surface area contributed by atoms with Crippen molar-refractivity contribution in [3.63, 3.8) is 0 Å². The van der Waals surface area contributed by atoms with Crippen LogP contribution in [0.4, 0.5) is 0 Å². The minimum Gasteiger partial charge on any atom is -0.423 e. The third kappa shape index (κ3) is 4.64. The second-order valence-corrected chi connectivity index (χ2v) is 6.02. The Morgan fingerprint density at radius 2 is 1.67 bits per heavy atom. The van der Waals surface area contributed by atoms with Crippen molar-refractivity contribution < 1.29 is 9.53 Å². The van der Waals surface area contributed by atoms with E-state index >= 15 is 0 Å². The van der Waals surface area contributed by atoms with E-state index in [1.54, 1.807) is 12.1 Å². The second kappa shape index (κ2) is 8.06. The number of benzene rings is 2. The molecule has 0 saturated carbocycles. The summed E-state index contributed by atoms with van der Waals surface area (Å²) in [5, 5.41) is 2.25. The van der Waals surface area contributed by atoms with Crippen molar-refractivity contribution in [2.24, 2.45) is 0 Å². The van der Waals surface area contributed by atoms with Gasteiger partial charge in [0.2, 0.25) is 0 Å². The lowest BCUT2D eigenvalue weighted by Gasteiger charge is -2.32. The maximum atomic E-state index is 12.0. The fraction of sp³-hybridized carbons (Fsp3) is 0.316. The molecule has 1 aliphatic heterocycles. The van der Waals surface area contributed by atoms with E-state index in [0.29, 0.717) is 11.3 Å². The first kappa shape index (κ1) is 16.6. The zero-order valence-corrected chi connectivity index (χ0v) is 13.9. The summed E-state index contributed by atoms with van der Waals surface area (Å²) in [6, 6.07) is 16.6. The molecule has 1 fully saturated rings. The normalized spacial score (nSPS) is 16.0. The lowest BCUT2D eigenvalue weighted by Crippen LogP contribution is -2.50. The van der Waals surface area contributed by atoms with Crippen LogP contribution in [-0.2, 0) is 6.54 Å². The zero-order chi connectivity index (χ0) is 16.8. The molecule has 1 heterocycles. The molecule has 0 bridgehead atoms. The fourth-order valence-electron chi connectivity index (χ4n) is 2.58. The van der Waals surface area contributed by atoms with Gasteiger partial charge in [-0.3, -0.25) is 5.43 Å². The van der Waals surface area contributed by atoms with Crippen LogP contribution in [0.5, 0.6) is 5.75 Å². The number of carbonyl (C=O) groups is 1. The van der Waals surface area contributed by atoms with Gasteiger partial charge in [0.15, 0.2) is 0 Å². The lowest BCUT2D eigenvalue weighted by atomic mass is 10.2. The third-order valence-electron chi connectivity index (χ3n) is 4.15. The molecule has 0 spiro atoms. The molecule has 0 radical (unpaired) electrons. The number of rotatable bonds is 5. The second-order valence-electron chi connectivity index (χ2n) is 6.02. The predicted octanol–water partition coefficient (Wildman–Crippen LogP) is 2.16. The van der Waals surface area contributed by atoms with Crippen molar-refractivity contribution in [1.29, 1.82) is 0 Å². The fourth-order valence-corrected chi connectivity index (χ4v) is 2.58. The van der Waals surface area contributed by atoms with Gasteiger partial charge in [-0.25, -0.2) is 9.80 Å². The van der Waals surface area contributed by atoms with Crippen molar-refractivity contribution in [2.75, 3.05) is 33.2 Å². The van der Waals surface area contributed by atoms with Crippen LogP contribution in [-0.4, -0.2) is 49.1 Å². The molecule has 5 heteroatoms. The number of likely N-dealkylation sites (N-methyl/N-ethyl adjacent to an activating group) is 1. The van der Waals surface area contributed by atoms with Gasteiger partial charge in [0.05, 0.1) is 5.56 Å². The molecule has 0 amide bonds. The van der Waals surface area contributed by atoms with E-state index in [-0.39, 0.29) is 5.97 Å². The van der Waals surface area contributed by atoms with E-state index in [9.17, 15) is 4.79 Å². The van der Waals surface area contributed by atoms with Crippen molar-refractivity contribution >= 4 is 5.97 Å². The highest BCUT2D eigenvalue weighted by Gasteiger charge is 2.13. The first-order valence-electron chi connectivity index (χ1n) is 8.24. The van der Waals surface area contributed by atoms with Gasteiger partial charge in [0, 0.05) is 32.7 Å². The molecule has 5 nitrogen and oxygen atoms in total. The molecular formula is C19H23N3O2. The van der Waals surface area contributed by atoms with Gasteiger partial charge in [-0.15, -0.1) is 0 Å². The van der Waals surface area contributed by atoms with Crippen LogP contribution in [0.1, 0.15) is 15.9 Å². The predicted molar refractivity (Wildman–Crippen MR) is 93.8 cm³/mol. The number of carbonyl (C=O) groups excluding carboxylic acids is 1. The van der Waals surface area contributed by atoms with E-state index in [1.165, 1.54) is 0 Å². The van der Waals surface area contributed by atoms with Gasteiger partial charge in [-0.1, -0.05) is 30.3 Å². The average molecular weight is 325 g/mol. The molecule has 0 aliphatic carbocycles. The highest BCUT2D eigenvalue weighted by molar-refractivity contribution is 5.90. The Kier molecular flexibility index (Phi) is 5.59. The summed E-state index contributed by atoms with van der Waals surface area (Å²) in [7, 11) is 2.15. The van der Waals surface area contributed by atoms with E-state index < -0.39 is 0 Å². The molecule has 2 aromatic carbocycles. The summed E-state index contributed by atoms with van der Waals surface area (Å²) in [5.41, 5.74) is 5.16. The first-order chi connectivity index (χ1) is 11.7. The molecule has 0 aromatic heterocycles. The smallest absolute Gasteiger partial charge is 0.343 e. The van der Waals surface area contributed by atoms with E-state index in [0.717, 1.165) is 38.3 Å². The van der Waals surface area contributed by atoms with Crippen molar-refractivity contribution in [1.82, 2.24) is 15.3 Å². The molecule has 126 valence electrons. The maximum Gasteiger partial charge on any atom is 0.343 e. The van der Waals surface area contributed by atoms with E-state index in [1.807, 2.05) is 42.5 Å². The molecular weight excluding hydrogens is 302 g/mol. The molecule has 1 saturated heterocycles. The number of ether oxygens (including phenoxy) is 1. The highest BCUT2D eigenvalue weighted by Crippen LogP contribution is 2.14. The summed E-state index contributed by atoms with van der Waals surface area (Å²) in [6.45, 7) is 5.01. The van der Waals surface area contributed by atoms with Crippen LogP contribution in [0, 0.1) is 0 Å². The number of hydrogen-bond acceptors (Lipinski definition) is 5. The summed E-state index contributed by atoms with van der Waals surface area (Å²) in [5.74, 6) is 0.228. The lowest BCUT2D eigenvalue weighted by molar-refractivity contribution is 0.0734. The Labute approximate surface area is 142 Å². The van der Waals surface area contributed by atoms with Crippen molar-refractivity contribution in [3.05, 3.63) is 65.7 Å². The van der Waals surface area contributed by atoms with Crippen LogP contribution in [0.25, 0.3) is 0 Å². The van der Waals surface area contributed by atoms with Crippen LogP contribution >= 0.6 is 0 Å². The van der Waals surface area contributed by atoms with Gasteiger partial charge < -0.3 is 9.64 Å². The summed E-state index contributed by atoms with van der Waals surface area (Å²) in [6.07, 6.45) is 0. The molecule has 1 aliphatic rings. The van der Waals surface area contributed by atoms with Crippen LogP contribution in [0.3, 0.4) is 0 Å². The number of hydrazine groups is 1. The van der Waals surface area contributed by atoms with Gasteiger partial charge in [0.1, 0.15) is 5.75 Å². The van der Waals surface area contributed by atoms with Crippen LogP contribution in [0.15, 0.2) is 54.6 Å². The van der Waals surface area contributed by atoms with Crippen LogP contribution in [0.2, 0.25) is 0 Å². The van der Waals surface area contributed by atoms with Gasteiger partial charge >= 0.3 is 5.97 Å². The average Bonchev–Trinajstić information content (AvgIpc) is 2.63. The highest BCUT2D eigenvalue weighted by atomic mass is 16.5. The summed E-state index contributed by atoms with van der Waals surface area (Å²) >= 11 is 0. The summed E-state index contributed by atoms with van der Waals surface area (Å²) in [4.78, 5) is 14.3. The SMILES string of the molecule is CN1CCN(NCc2ccc(OC(=O)c3ccccc3)cc2)CC1. The monoisotopic (exact) mass is 325 g/mol. The zero-order valence-electron chi connectivity index (χ0n) is 13.9. The Morgan fingerprint density at radius 3 is 2.33 bits per heavy atom. The molecule has 24 heavy (non-hydrogen) atoms. The Hall–Kier alpha value is -2.21. The van der Waals surface area contributed by atoms with Gasteiger partial charge in [-0.2, -0.15) is 0 Å². The minimum absolute atomic E-state index is 0.334. The number of piperazine rings is 1.